The summed E-state index contributed by atoms with van der Waals surface area (Å²) in [7, 11) is 6.96. The molecule has 1 unspecified atom stereocenters. The van der Waals surface area contributed by atoms with Crippen LogP contribution in [0.15, 0.2) is 42.5 Å². The first-order valence-corrected chi connectivity index (χ1v) is 11.6. The van der Waals surface area contributed by atoms with Crippen molar-refractivity contribution in [3.8, 4) is 17.2 Å². The molecule has 0 radical (unpaired) electrons. The zero-order valence-electron chi connectivity index (χ0n) is 20.3. The highest BCUT2D eigenvalue weighted by molar-refractivity contribution is 5.76. The summed E-state index contributed by atoms with van der Waals surface area (Å²) in [5.41, 5.74) is 2.28. The summed E-state index contributed by atoms with van der Waals surface area (Å²) in [4.78, 5) is 17.4. The molecule has 0 spiro atoms. The maximum atomic E-state index is 12.4. The molecule has 33 heavy (non-hydrogen) atoms. The Hall–Kier alpha value is -2.77. The summed E-state index contributed by atoms with van der Waals surface area (Å²) in [6.07, 6.45) is 1.90. The lowest BCUT2D eigenvalue weighted by atomic mass is 10.0. The Morgan fingerprint density at radius 3 is 2.45 bits per heavy atom. The highest BCUT2D eigenvalue weighted by atomic mass is 16.5. The van der Waals surface area contributed by atoms with Gasteiger partial charge in [-0.25, -0.2) is 0 Å². The van der Waals surface area contributed by atoms with Crippen molar-refractivity contribution >= 4 is 5.91 Å². The molecule has 0 aromatic heterocycles. The minimum Gasteiger partial charge on any atom is -0.493 e. The van der Waals surface area contributed by atoms with Gasteiger partial charge in [0.15, 0.2) is 11.5 Å². The molecule has 1 atom stereocenters. The van der Waals surface area contributed by atoms with Crippen LogP contribution in [-0.4, -0.2) is 76.8 Å². The molecule has 180 valence electrons. The number of nitrogens with one attached hydrogen (secondary N) is 1. The molecular formula is C26H37N3O4. The largest absolute Gasteiger partial charge is 0.493 e. The molecule has 1 N–H and O–H groups in total. The number of rotatable bonds is 11. The third-order valence-electron chi connectivity index (χ3n) is 6.23. The lowest BCUT2D eigenvalue weighted by molar-refractivity contribution is -0.121. The van der Waals surface area contributed by atoms with Crippen molar-refractivity contribution in [2.75, 3.05) is 61.1 Å². The predicted molar refractivity (Wildman–Crippen MR) is 130 cm³/mol. The predicted octanol–water partition coefficient (Wildman–Crippen LogP) is 3.14. The van der Waals surface area contributed by atoms with Crippen molar-refractivity contribution in [2.24, 2.45) is 0 Å². The minimum absolute atomic E-state index is 0.0461. The van der Waals surface area contributed by atoms with Gasteiger partial charge in [-0.2, -0.15) is 0 Å². The molecule has 3 rings (SSSR count). The number of benzene rings is 2. The first kappa shape index (κ1) is 24.9. The number of carbonyl (C=O) groups is 1. The van der Waals surface area contributed by atoms with E-state index in [0.29, 0.717) is 42.7 Å². The smallest absolute Gasteiger partial charge is 0.220 e. The summed E-state index contributed by atoms with van der Waals surface area (Å²) >= 11 is 0. The number of methoxy groups -OCH3 is 3. The first-order valence-electron chi connectivity index (χ1n) is 11.6. The quantitative estimate of drug-likeness (QED) is 0.525. The van der Waals surface area contributed by atoms with Crippen molar-refractivity contribution in [3.05, 3.63) is 53.6 Å². The van der Waals surface area contributed by atoms with Crippen molar-refractivity contribution < 1.29 is 19.0 Å². The topological polar surface area (TPSA) is 63.3 Å². The Bertz CT molecular complexity index is 891. The van der Waals surface area contributed by atoms with Crippen molar-refractivity contribution in [1.82, 2.24) is 15.1 Å². The second-order valence-corrected chi connectivity index (χ2v) is 8.42. The molecule has 1 heterocycles. The Morgan fingerprint density at radius 1 is 1.00 bits per heavy atom. The van der Waals surface area contributed by atoms with E-state index in [1.165, 1.54) is 5.56 Å². The Kier molecular flexibility index (Phi) is 9.39. The van der Waals surface area contributed by atoms with Crippen LogP contribution in [0.2, 0.25) is 0 Å². The van der Waals surface area contributed by atoms with Gasteiger partial charge in [-0.1, -0.05) is 36.4 Å². The van der Waals surface area contributed by atoms with E-state index in [1.54, 1.807) is 21.3 Å². The zero-order valence-corrected chi connectivity index (χ0v) is 20.3. The van der Waals surface area contributed by atoms with E-state index in [9.17, 15) is 4.79 Å². The first-order chi connectivity index (χ1) is 16.1. The second-order valence-electron chi connectivity index (χ2n) is 8.42. The number of piperazine rings is 1. The molecule has 0 bridgehead atoms. The molecule has 1 aliphatic heterocycles. The standard InChI is InChI=1S/C26H37N3O4/c1-28-17-18-29(22(19-28)20-9-6-5-7-10-20)16-8-15-27-24(30)14-12-21-11-13-23(31-2)26(33-4)25(21)32-3/h5-7,9-11,13,22H,8,12,14-19H2,1-4H3,(H,27,30). The number of ether oxygens (including phenoxy) is 3. The summed E-state index contributed by atoms with van der Waals surface area (Å²) < 4.78 is 16.3. The van der Waals surface area contributed by atoms with Gasteiger partial charge >= 0.3 is 0 Å². The molecule has 1 saturated heterocycles. The normalized spacial score (nSPS) is 16.9. The maximum absolute atomic E-state index is 12.4. The van der Waals surface area contributed by atoms with E-state index < -0.39 is 0 Å². The van der Waals surface area contributed by atoms with Crippen LogP contribution in [-0.2, 0) is 11.2 Å². The molecule has 0 aliphatic carbocycles. The van der Waals surface area contributed by atoms with E-state index in [2.05, 4.69) is 52.5 Å². The number of aryl methyl sites for hydroxylation is 1. The monoisotopic (exact) mass is 455 g/mol. The Labute approximate surface area is 197 Å². The van der Waals surface area contributed by atoms with E-state index in [-0.39, 0.29) is 5.91 Å². The number of hydrogen-bond acceptors (Lipinski definition) is 6. The molecule has 2 aromatic carbocycles. The van der Waals surface area contributed by atoms with Gasteiger partial charge in [0, 0.05) is 45.2 Å². The minimum atomic E-state index is 0.0461. The maximum Gasteiger partial charge on any atom is 0.220 e. The number of carbonyl (C=O) groups excluding carboxylic acids is 1. The SMILES string of the molecule is COc1ccc(CCC(=O)NCCCN2CCN(C)CC2c2ccccc2)c(OC)c1OC. The van der Waals surface area contributed by atoms with Gasteiger partial charge in [0.05, 0.1) is 21.3 Å². The summed E-state index contributed by atoms with van der Waals surface area (Å²) in [6.45, 7) is 4.79. The highest BCUT2D eigenvalue weighted by Crippen LogP contribution is 2.40. The lowest BCUT2D eigenvalue weighted by Gasteiger charge is -2.40. The molecule has 1 amide bonds. The van der Waals surface area contributed by atoms with E-state index >= 15 is 0 Å². The van der Waals surface area contributed by atoms with Crippen LogP contribution in [0.5, 0.6) is 17.2 Å². The lowest BCUT2D eigenvalue weighted by Crippen LogP contribution is -2.47. The Morgan fingerprint density at radius 2 is 1.76 bits per heavy atom. The van der Waals surface area contributed by atoms with Gasteiger partial charge in [0.1, 0.15) is 0 Å². The fourth-order valence-electron chi connectivity index (χ4n) is 4.42. The number of amides is 1. The third-order valence-corrected chi connectivity index (χ3v) is 6.23. The molecule has 0 saturated carbocycles. The van der Waals surface area contributed by atoms with Crippen LogP contribution in [0.4, 0.5) is 0 Å². The van der Waals surface area contributed by atoms with Gasteiger partial charge < -0.3 is 24.4 Å². The van der Waals surface area contributed by atoms with Gasteiger partial charge in [-0.15, -0.1) is 0 Å². The average molecular weight is 456 g/mol. The van der Waals surface area contributed by atoms with Crippen LogP contribution in [0.25, 0.3) is 0 Å². The number of likely N-dealkylation sites (N-methyl/N-ethyl adjacent to an activating group) is 1. The second kappa shape index (κ2) is 12.5. The summed E-state index contributed by atoms with van der Waals surface area (Å²) in [5, 5.41) is 3.07. The van der Waals surface area contributed by atoms with Crippen molar-refractivity contribution in [2.45, 2.75) is 25.3 Å². The van der Waals surface area contributed by atoms with E-state index in [0.717, 1.165) is 38.2 Å². The van der Waals surface area contributed by atoms with Crippen molar-refractivity contribution in [1.29, 1.82) is 0 Å². The van der Waals surface area contributed by atoms with Gasteiger partial charge in [-0.05, 0) is 37.1 Å². The summed E-state index contributed by atoms with van der Waals surface area (Å²) in [5.74, 6) is 1.83. The average Bonchev–Trinajstić information content (AvgIpc) is 2.85. The molecule has 7 heteroatoms. The van der Waals surface area contributed by atoms with E-state index in [4.69, 9.17) is 14.2 Å². The van der Waals surface area contributed by atoms with E-state index in [1.807, 2.05) is 12.1 Å². The molecule has 1 aliphatic rings. The van der Waals surface area contributed by atoms with Gasteiger partial charge in [0.2, 0.25) is 11.7 Å². The fraction of sp³-hybridized carbons (Fsp3) is 0.500. The van der Waals surface area contributed by atoms with Crippen LogP contribution in [0.1, 0.15) is 30.0 Å². The van der Waals surface area contributed by atoms with Gasteiger partial charge in [0.25, 0.3) is 0 Å². The number of nitrogens with zero attached hydrogens (tertiary/aromatic N) is 2. The highest BCUT2D eigenvalue weighted by Gasteiger charge is 2.26. The number of hydrogen-bond donors (Lipinski definition) is 1. The molecule has 2 aromatic rings. The van der Waals surface area contributed by atoms with Crippen LogP contribution >= 0.6 is 0 Å². The third kappa shape index (κ3) is 6.62. The summed E-state index contributed by atoms with van der Waals surface area (Å²) in [6, 6.07) is 14.9. The molecule has 7 nitrogen and oxygen atoms in total. The Balaban J connectivity index is 1.46. The molecule has 1 fully saturated rings. The molecular weight excluding hydrogens is 418 g/mol. The fourth-order valence-corrected chi connectivity index (χ4v) is 4.42. The zero-order chi connectivity index (χ0) is 23.6. The van der Waals surface area contributed by atoms with Crippen LogP contribution in [0, 0.1) is 0 Å². The van der Waals surface area contributed by atoms with Crippen LogP contribution in [0.3, 0.4) is 0 Å². The van der Waals surface area contributed by atoms with Crippen molar-refractivity contribution in [3.63, 3.8) is 0 Å². The van der Waals surface area contributed by atoms with Crippen LogP contribution < -0.4 is 19.5 Å². The van der Waals surface area contributed by atoms with Gasteiger partial charge in [-0.3, -0.25) is 9.69 Å².